The second-order valence-corrected chi connectivity index (χ2v) is 8.51. The number of aryl methyl sites for hydroxylation is 1. The molecule has 8 heteroatoms. The predicted octanol–water partition coefficient (Wildman–Crippen LogP) is 3.86. The summed E-state index contributed by atoms with van der Waals surface area (Å²) in [5.41, 5.74) is 6.36. The topological polar surface area (TPSA) is 72.2 Å². The lowest BCUT2D eigenvalue weighted by atomic mass is 10.3. The molecule has 0 atom stereocenters. The molecule has 0 unspecified atom stereocenters. The van der Waals surface area contributed by atoms with Crippen LogP contribution in [0.3, 0.4) is 0 Å². The SMILES string of the molecule is Cc1sc(Br)cc1S(=O)(=O)Nc1ccc(N)c(Cl)c1. The van der Waals surface area contributed by atoms with Gasteiger partial charge in [-0.25, -0.2) is 8.42 Å². The average molecular weight is 382 g/mol. The fourth-order valence-electron chi connectivity index (χ4n) is 1.50. The van der Waals surface area contributed by atoms with E-state index in [1.807, 2.05) is 0 Å². The Kier molecular flexibility index (Phi) is 4.10. The Morgan fingerprint density at radius 3 is 2.58 bits per heavy atom. The van der Waals surface area contributed by atoms with Gasteiger partial charge in [0.1, 0.15) is 4.90 Å². The molecular weight excluding hydrogens is 372 g/mol. The van der Waals surface area contributed by atoms with Crippen LogP contribution in [0, 0.1) is 6.92 Å². The number of rotatable bonds is 3. The molecule has 4 nitrogen and oxygen atoms in total. The Morgan fingerprint density at radius 2 is 2.05 bits per heavy atom. The van der Waals surface area contributed by atoms with E-state index in [9.17, 15) is 8.42 Å². The van der Waals surface area contributed by atoms with Crippen LogP contribution in [0.1, 0.15) is 4.88 Å². The van der Waals surface area contributed by atoms with Crippen LogP contribution in [0.25, 0.3) is 0 Å². The number of sulfonamides is 1. The molecule has 1 aromatic heterocycles. The highest BCUT2D eigenvalue weighted by atomic mass is 79.9. The van der Waals surface area contributed by atoms with Gasteiger partial charge in [-0.05, 0) is 47.1 Å². The summed E-state index contributed by atoms with van der Waals surface area (Å²) in [5.74, 6) is 0. The van der Waals surface area contributed by atoms with E-state index in [4.69, 9.17) is 17.3 Å². The number of hydrogen-bond donors (Lipinski definition) is 2. The van der Waals surface area contributed by atoms with Crippen molar-refractivity contribution in [3.05, 3.63) is 38.0 Å². The van der Waals surface area contributed by atoms with Crippen molar-refractivity contribution in [3.63, 3.8) is 0 Å². The van der Waals surface area contributed by atoms with E-state index in [2.05, 4.69) is 20.7 Å². The number of halogens is 2. The van der Waals surface area contributed by atoms with Crippen LogP contribution in [0.5, 0.6) is 0 Å². The van der Waals surface area contributed by atoms with Gasteiger partial charge in [-0.1, -0.05) is 11.6 Å². The van der Waals surface area contributed by atoms with Crippen molar-refractivity contribution < 1.29 is 8.42 Å². The van der Waals surface area contributed by atoms with Crippen LogP contribution in [-0.4, -0.2) is 8.42 Å². The summed E-state index contributed by atoms with van der Waals surface area (Å²) in [5, 5.41) is 0.309. The van der Waals surface area contributed by atoms with Gasteiger partial charge in [-0.2, -0.15) is 0 Å². The second-order valence-electron chi connectivity index (χ2n) is 3.81. The smallest absolute Gasteiger partial charge is 0.263 e. The van der Waals surface area contributed by atoms with Gasteiger partial charge >= 0.3 is 0 Å². The first-order valence-electron chi connectivity index (χ1n) is 5.13. The van der Waals surface area contributed by atoms with E-state index < -0.39 is 10.0 Å². The molecule has 1 aromatic carbocycles. The van der Waals surface area contributed by atoms with Gasteiger partial charge in [0.05, 0.1) is 20.2 Å². The van der Waals surface area contributed by atoms with Crippen molar-refractivity contribution in [2.24, 2.45) is 0 Å². The Balaban J connectivity index is 2.36. The molecule has 1 heterocycles. The molecule has 102 valence electrons. The molecule has 0 spiro atoms. The molecule has 0 aliphatic carbocycles. The predicted molar refractivity (Wildman–Crippen MR) is 83.4 cm³/mol. The lowest BCUT2D eigenvalue weighted by molar-refractivity contribution is 0.601. The van der Waals surface area contributed by atoms with Crippen LogP contribution in [0.2, 0.25) is 5.02 Å². The fraction of sp³-hybridized carbons (Fsp3) is 0.0909. The summed E-state index contributed by atoms with van der Waals surface area (Å²) in [4.78, 5) is 0.957. The molecule has 2 rings (SSSR count). The third-order valence-electron chi connectivity index (χ3n) is 2.38. The van der Waals surface area contributed by atoms with Crippen LogP contribution >= 0.6 is 38.9 Å². The van der Waals surface area contributed by atoms with E-state index >= 15 is 0 Å². The Hall–Kier alpha value is -0.760. The van der Waals surface area contributed by atoms with Crippen molar-refractivity contribution in [2.75, 3.05) is 10.5 Å². The second kappa shape index (κ2) is 5.32. The van der Waals surface area contributed by atoms with Gasteiger partial charge in [0.15, 0.2) is 0 Å². The quantitative estimate of drug-likeness (QED) is 0.793. The summed E-state index contributed by atoms with van der Waals surface area (Å²) < 4.78 is 27.7. The number of anilines is 2. The monoisotopic (exact) mass is 380 g/mol. The molecule has 0 bridgehead atoms. The van der Waals surface area contributed by atoms with E-state index in [1.54, 1.807) is 25.1 Å². The molecule has 3 N–H and O–H groups in total. The lowest BCUT2D eigenvalue weighted by Gasteiger charge is -2.08. The van der Waals surface area contributed by atoms with E-state index in [0.29, 0.717) is 21.3 Å². The maximum atomic E-state index is 12.2. The molecule has 19 heavy (non-hydrogen) atoms. The van der Waals surface area contributed by atoms with Crippen molar-refractivity contribution in [1.82, 2.24) is 0 Å². The number of hydrogen-bond acceptors (Lipinski definition) is 4. The zero-order chi connectivity index (χ0) is 14.2. The molecule has 0 fully saturated rings. The van der Waals surface area contributed by atoms with Crippen molar-refractivity contribution in [1.29, 1.82) is 0 Å². The minimum Gasteiger partial charge on any atom is -0.398 e. The first-order chi connectivity index (χ1) is 8.79. The van der Waals surface area contributed by atoms with E-state index in [0.717, 1.165) is 3.79 Å². The van der Waals surface area contributed by atoms with Crippen molar-refractivity contribution >= 4 is 60.3 Å². The zero-order valence-corrected chi connectivity index (χ0v) is 13.8. The minimum absolute atomic E-state index is 0.248. The van der Waals surface area contributed by atoms with Crippen LogP contribution in [0.15, 0.2) is 32.9 Å². The summed E-state index contributed by atoms with van der Waals surface area (Å²) in [7, 11) is -3.62. The number of nitrogens with two attached hydrogens (primary N) is 1. The van der Waals surface area contributed by atoms with Gasteiger partial charge in [-0.3, -0.25) is 4.72 Å². The zero-order valence-electron chi connectivity index (χ0n) is 9.78. The maximum Gasteiger partial charge on any atom is 0.263 e. The Morgan fingerprint density at radius 1 is 1.37 bits per heavy atom. The minimum atomic E-state index is -3.62. The molecule has 0 aliphatic rings. The van der Waals surface area contributed by atoms with Crippen LogP contribution in [-0.2, 0) is 10.0 Å². The highest BCUT2D eigenvalue weighted by Gasteiger charge is 2.19. The molecule has 2 aromatic rings. The largest absolute Gasteiger partial charge is 0.398 e. The molecular formula is C11H10BrClN2O2S2. The Bertz CT molecular complexity index is 728. The van der Waals surface area contributed by atoms with Crippen molar-refractivity contribution in [2.45, 2.75) is 11.8 Å². The third kappa shape index (κ3) is 3.22. The van der Waals surface area contributed by atoms with Gasteiger partial charge in [-0.15, -0.1) is 11.3 Å². The summed E-state index contributed by atoms with van der Waals surface area (Å²) in [6.07, 6.45) is 0. The molecule has 0 saturated carbocycles. The third-order valence-corrected chi connectivity index (χ3v) is 5.90. The number of benzene rings is 1. The molecule has 0 saturated heterocycles. The number of thiophene rings is 1. The molecule has 0 radical (unpaired) electrons. The highest BCUT2D eigenvalue weighted by Crippen LogP contribution is 2.31. The number of nitrogen functional groups attached to an aromatic ring is 1. The highest BCUT2D eigenvalue weighted by molar-refractivity contribution is 9.11. The van der Waals surface area contributed by atoms with Gasteiger partial charge in [0.25, 0.3) is 10.0 Å². The van der Waals surface area contributed by atoms with Crippen LogP contribution < -0.4 is 10.5 Å². The lowest BCUT2D eigenvalue weighted by Crippen LogP contribution is -2.13. The van der Waals surface area contributed by atoms with Gasteiger partial charge in [0, 0.05) is 4.88 Å². The van der Waals surface area contributed by atoms with Crippen LogP contribution in [0.4, 0.5) is 11.4 Å². The summed E-state index contributed by atoms with van der Waals surface area (Å²) >= 11 is 10.5. The first-order valence-corrected chi connectivity index (χ1v) is 8.60. The summed E-state index contributed by atoms with van der Waals surface area (Å²) in [6.45, 7) is 1.75. The first kappa shape index (κ1) is 14.6. The van der Waals surface area contributed by atoms with Crippen molar-refractivity contribution in [3.8, 4) is 0 Å². The summed E-state index contributed by atoms with van der Waals surface area (Å²) in [6, 6.07) is 6.17. The van der Waals surface area contributed by atoms with Gasteiger partial charge < -0.3 is 5.73 Å². The molecule has 0 amide bonds. The fourth-order valence-corrected chi connectivity index (χ4v) is 5.14. The normalized spacial score (nSPS) is 11.5. The van der Waals surface area contributed by atoms with E-state index in [-0.39, 0.29) is 4.90 Å². The number of nitrogens with one attached hydrogen (secondary N) is 1. The average Bonchev–Trinajstić information content (AvgIpc) is 2.63. The molecule has 0 aliphatic heterocycles. The maximum absolute atomic E-state index is 12.2. The Labute approximate surface area is 128 Å². The van der Waals surface area contributed by atoms with Gasteiger partial charge in [0.2, 0.25) is 0 Å². The van der Waals surface area contributed by atoms with E-state index in [1.165, 1.54) is 17.4 Å². The standard InChI is InChI=1S/C11H10BrClN2O2S2/c1-6-10(5-11(12)18-6)19(16,17)15-7-2-3-9(14)8(13)4-7/h2-5,15H,14H2,1H3.